The first-order valence-corrected chi connectivity index (χ1v) is 11.9. The first-order valence-electron chi connectivity index (χ1n) is 11.0. The van der Waals surface area contributed by atoms with Gasteiger partial charge in [-0.05, 0) is 61.6 Å². The summed E-state index contributed by atoms with van der Waals surface area (Å²) in [6.45, 7) is 6.71. The molecule has 2 aromatic carbocycles. The van der Waals surface area contributed by atoms with E-state index < -0.39 is 0 Å². The summed E-state index contributed by atoms with van der Waals surface area (Å²) in [5.74, 6) is 1.74. The Labute approximate surface area is 188 Å². The summed E-state index contributed by atoms with van der Waals surface area (Å²) in [5.41, 5.74) is 6.10. The Morgan fingerprint density at radius 3 is 2.84 bits per heavy atom. The topological polar surface area (TPSA) is 49.8 Å². The van der Waals surface area contributed by atoms with Crippen LogP contribution in [-0.4, -0.2) is 42.3 Å². The van der Waals surface area contributed by atoms with Gasteiger partial charge in [-0.15, -0.1) is 11.3 Å². The van der Waals surface area contributed by atoms with E-state index in [0.29, 0.717) is 0 Å². The largest absolute Gasteiger partial charge is 0.494 e. The summed E-state index contributed by atoms with van der Waals surface area (Å²) in [4.78, 5) is 7.14. The van der Waals surface area contributed by atoms with Crippen molar-refractivity contribution in [3.8, 4) is 17.0 Å². The molecule has 6 heteroatoms. The number of nitrogens with zero attached hydrogens (tertiary/aromatic N) is 3. The lowest BCUT2D eigenvalue weighted by Gasteiger charge is -2.30. The van der Waals surface area contributed by atoms with Crippen LogP contribution in [-0.2, 0) is 0 Å². The van der Waals surface area contributed by atoms with Crippen LogP contribution in [0.1, 0.15) is 31.7 Å². The first-order chi connectivity index (χ1) is 15.3. The lowest BCUT2D eigenvalue weighted by Crippen LogP contribution is -2.35. The van der Waals surface area contributed by atoms with E-state index in [1.54, 1.807) is 17.6 Å². The number of ether oxygens (including phenoxy) is 1. The van der Waals surface area contributed by atoms with Crippen molar-refractivity contribution < 1.29 is 4.74 Å². The van der Waals surface area contributed by atoms with Crippen molar-refractivity contribution in [3.63, 3.8) is 0 Å². The van der Waals surface area contributed by atoms with Crippen LogP contribution in [0.4, 0.5) is 5.13 Å². The minimum absolute atomic E-state index is 0.758. The summed E-state index contributed by atoms with van der Waals surface area (Å²) in [5, 5.41) is 7.12. The molecule has 2 heterocycles. The van der Waals surface area contributed by atoms with Crippen molar-refractivity contribution in [1.82, 2.24) is 9.88 Å². The van der Waals surface area contributed by atoms with Gasteiger partial charge in [-0.3, -0.25) is 5.43 Å². The number of aromatic nitrogens is 1. The zero-order chi connectivity index (χ0) is 21.3. The standard InChI is InChI=1S/C25H30N4OS/c1-20-7-5-14-29(18-20)15-6-16-30-23-12-10-21(11-13-23)17-26-28-25-27-24(19-31-25)22-8-3-2-4-9-22/h2-4,8-13,17,19-20H,5-7,14-16,18H2,1H3,(H,27,28). The average molecular weight is 435 g/mol. The summed E-state index contributed by atoms with van der Waals surface area (Å²) in [6, 6.07) is 18.2. The molecule has 0 saturated carbocycles. The number of anilines is 1. The molecule has 0 spiro atoms. The van der Waals surface area contributed by atoms with E-state index in [9.17, 15) is 0 Å². The molecule has 1 atom stereocenters. The zero-order valence-electron chi connectivity index (χ0n) is 18.0. The molecule has 0 bridgehead atoms. The van der Waals surface area contributed by atoms with E-state index >= 15 is 0 Å². The average Bonchev–Trinajstić information content (AvgIpc) is 3.27. The van der Waals surface area contributed by atoms with E-state index in [1.807, 2.05) is 47.8 Å². The summed E-state index contributed by atoms with van der Waals surface area (Å²) in [6.07, 6.45) is 5.57. The highest BCUT2D eigenvalue weighted by Gasteiger charge is 2.15. The minimum Gasteiger partial charge on any atom is -0.494 e. The van der Waals surface area contributed by atoms with Crippen molar-refractivity contribution in [2.75, 3.05) is 31.7 Å². The fourth-order valence-electron chi connectivity index (χ4n) is 3.85. The third-order valence-electron chi connectivity index (χ3n) is 5.46. The lowest BCUT2D eigenvalue weighted by atomic mass is 10.0. The van der Waals surface area contributed by atoms with Gasteiger partial charge in [0, 0.05) is 24.0 Å². The molecular formula is C25H30N4OS. The number of hydrogen-bond acceptors (Lipinski definition) is 6. The van der Waals surface area contributed by atoms with Gasteiger partial charge >= 0.3 is 0 Å². The van der Waals surface area contributed by atoms with E-state index in [-0.39, 0.29) is 0 Å². The molecule has 5 nitrogen and oxygen atoms in total. The van der Waals surface area contributed by atoms with Crippen molar-refractivity contribution in [2.24, 2.45) is 11.0 Å². The van der Waals surface area contributed by atoms with Gasteiger partial charge in [-0.25, -0.2) is 4.98 Å². The second kappa shape index (κ2) is 11.1. The Morgan fingerprint density at radius 2 is 2.03 bits per heavy atom. The molecule has 4 rings (SSSR count). The van der Waals surface area contributed by atoms with Crippen LogP contribution in [0.5, 0.6) is 5.75 Å². The maximum absolute atomic E-state index is 5.90. The van der Waals surface area contributed by atoms with E-state index in [0.717, 1.165) is 53.2 Å². The number of likely N-dealkylation sites (tertiary alicyclic amines) is 1. The Kier molecular flexibility index (Phi) is 7.69. The third kappa shape index (κ3) is 6.64. The predicted molar refractivity (Wildman–Crippen MR) is 130 cm³/mol. The molecule has 3 aromatic rings. The van der Waals surface area contributed by atoms with E-state index in [1.165, 1.54) is 25.9 Å². The third-order valence-corrected chi connectivity index (χ3v) is 6.20. The molecule has 0 aliphatic carbocycles. The Bertz CT molecular complexity index is 955. The van der Waals surface area contributed by atoms with Gasteiger partial charge in [-0.2, -0.15) is 5.10 Å². The fourth-order valence-corrected chi connectivity index (χ4v) is 4.52. The van der Waals surface area contributed by atoms with Gasteiger partial charge in [-0.1, -0.05) is 37.3 Å². The number of rotatable bonds is 9. The normalized spacial score (nSPS) is 17.1. The molecule has 1 saturated heterocycles. The summed E-state index contributed by atoms with van der Waals surface area (Å²) in [7, 11) is 0. The van der Waals surface area contributed by atoms with Crippen molar-refractivity contribution in [2.45, 2.75) is 26.2 Å². The number of piperidine rings is 1. The summed E-state index contributed by atoms with van der Waals surface area (Å²) < 4.78 is 5.90. The van der Waals surface area contributed by atoms with Gasteiger partial charge in [0.25, 0.3) is 0 Å². The maximum atomic E-state index is 5.90. The highest BCUT2D eigenvalue weighted by Crippen LogP contribution is 2.24. The molecule has 1 N–H and O–H groups in total. The van der Waals surface area contributed by atoms with Crippen molar-refractivity contribution >= 4 is 22.7 Å². The van der Waals surface area contributed by atoms with Crippen LogP contribution in [0.3, 0.4) is 0 Å². The SMILES string of the molecule is CC1CCCN(CCCOc2ccc(C=NNc3nc(-c4ccccc4)cs3)cc2)C1. The number of hydrazone groups is 1. The van der Waals surface area contributed by atoms with Crippen LogP contribution in [0.15, 0.2) is 65.1 Å². The fraction of sp³-hybridized carbons (Fsp3) is 0.360. The van der Waals surface area contributed by atoms with Gasteiger partial charge in [0.1, 0.15) is 5.75 Å². The number of thiazole rings is 1. The molecule has 1 aliphatic rings. The van der Waals surface area contributed by atoms with Crippen molar-refractivity contribution in [1.29, 1.82) is 0 Å². The second-order valence-corrected chi connectivity index (χ2v) is 8.95. The Hall–Kier alpha value is -2.70. The number of hydrogen-bond donors (Lipinski definition) is 1. The number of benzene rings is 2. The molecule has 1 fully saturated rings. The second-order valence-electron chi connectivity index (χ2n) is 8.09. The Morgan fingerprint density at radius 1 is 1.19 bits per heavy atom. The van der Waals surface area contributed by atoms with Gasteiger partial charge in [0.2, 0.25) is 5.13 Å². The molecule has 0 amide bonds. The highest BCUT2D eigenvalue weighted by molar-refractivity contribution is 7.14. The molecule has 1 unspecified atom stereocenters. The van der Waals surface area contributed by atoms with E-state index in [2.05, 4.69) is 39.5 Å². The Balaban J connectivity index is 1.19. The van der Waals surface area contributed by atoms with Crippen molar-refractivity contribution in [3.05, 3.63) is 65.5 Å². The quantitative estimate of drug-likeness (QED) is 0.264. The molecule has 1 aliphatic heterocycles. The minimum atomic E-state index is 0.758. The molecule has 162 valence electrons. The maximum Gasteiger partial charge on any atom is 0.203 e. The molecule has 0 radical (unpaired) electrons. The predicted octanol–water partition coefficient (Wildman–Crippen LogP) is 5.76. The van der Waals surface area contributed by atoms with Gasteiger partial charge < -0.3 is 9.64 Å². The molecular weight excluding hydrogens is 404 g/mol. The first kappa shape index (κ1) is 21.5. The van der Waals surface area contributed by atoms with Crippen LogP contribution < -0.4 is 10.2 Å². The smallest absolute Gasteiger partial charge is 0.203 e. The summed E-state index contributed by atoms with van der Waals surface area (Å²) >= 11 is 1.54. The van der Waals surface area contributed by atoms with Gasteiger partial charge in [0.05, 0.1) is 18.5 Å². The van der Waals surface area contributed by atoms with Crippen LogP contribution in [0.25, 0.3) is 11.3 Å². The highest BCUT2D eigenvalue weighted by atomic mass is 32.1. The molecule has 31 heavy (non-hydrogen) atoms. The monoisotopic (exact) mass is 434 g/mol. The molecule has 1 aromatic heterocycles. The zero-order valence-corrected chi connectivity index (χ0v) is 18.9. The lowest BCUT2D eigenvalue weighted by molar-refractivity contribution is 0.170. The van der Waals surface area contributed by atoms with E-state index in [4.69, 9.17) is 4.74 Å². The van der Waals surface area contributed by atoms with Gasteiger partial charge in [0.15, 0.2) is 0 Å². The number of nitrogens with one attached hydrogen (secondary N) is 1. The van der Waals surface area contributed by atoms with Crippen LogP contribution in [0, 0.1) is 5.92 Å². The van der Waals surface area contributed by atoms with Crippen LogP contribution >= 0.6 is 11.3 Å². The van der Waals surface area contributed by atoms with Crippen LogP contribution in [0.2, 0.25) is 0 Å².